The fourth-order valence-electron chi connectivity index (χ4n) is 1.63. The molecular weight excluding hydrogens is 250 g/mol. The van der Waals surface area contributed by atoms with Crippen LogP contribution in [0.25, 0.3) is 0 Å². The second kappa shape index (κ2) is 5.62. The summed E-state index contributed by atoms with van der Waals surface area (Å²) in [4.78, 5) is 0. The molecule has 0 radical (unpaired) electrons. The zero-order valence-electron chi connectivity index (χ0n) is 9.88. The van der Waals surface area contributed by atoms with Gasteiger partial charge in [0.2, 0.25) is 0 Å². The number of hydrogen-bond donors (Lipinski definition) is 1. The summed E-state index contributed by atoms with van der Waals surface area (Å²) in [6, 6.07) is 8.35. The van der Waals surface area contributed by atoms with Crippen LogP contribution in [0.1, 0.15) is 21.4 Å². The summed E-state index contributed by atoms with van der Waals surface area (Å²) >= 11 is 3.31. The van der Waals surface area contributed by atoms with Crippen molar-refractivity contribution in [3.63, 3.8) is 0 Å². The highest BCUT2D eigenvalue weighted by Gasteiger charge is 2.15. The lowest BCUT2D eigenvalue weighted by molar-refractivity contribution is 0.920. The summed E-state index contributed by atoms with van der Waals surface area (Å²) in [7, 11) is 0. The van der Waals surface area contributed by atoms with Gasteiger partial charge in [-0.05, 0) is 25.0 Å². The van der Waals surface area contributed by atoms with Crippen LogP contribution in [0.5, 0.6) is 0 Å². The van der Waals surface area contributed by atoms with Crippen molar-refractivity contribution in [3.8, 4) is 0 Å². The molecular formula is C12H15N3S2. The van der Waals surface area contributed by atoms with Crippen LogP contribution >= 0.6 is 23.1 Å². The average Bonchev–Trinajstić information content (AvgIpc) is 2.73. The molecule has 1 aromatic heterocycles. The Hall–Kier alpha value is -0.910. The van der Waals surface area contributed by atoms with Gasteiger partial charge in [0.25, 0.3) is 0 Å². The highest BCUT2D eigenvalue weighted by molar-refractivity contribution is 8.01. The average molecular weight is 265 g/mol. The topological polar surface area (TPSA) is 51.8 Å². The Morgan fingerprint density at radius 1 is 1.29 bits per heavy atom. The van der Waals surface area contributed by atoms with Crippen LogP contribution < -0.4 is 5.73 Å². The summed E-state index contributed by atoms with van der Waals surface area (Å²) in [6.45, 7) is 4.69. The number of aryl methyl sites for hydroxylation is 2. The molecule has 0 fully saturated rings. The van der Waals surface area contributed by atoms with E-state index in [2.05, 4.69) is 35.3 Å². The first-order valence-corrected chi connectivity index (χ1v) is 7.12. The largest absolute Gasteiger partial charge is 0.329 e. The van der Waals surface area contributed by atoms with Crippen LogP contribution in [0.15, 0.2) is 28.6 Å². The fourth-order valence-corrected chi connectivity index (χ4v) is 3.77. The van der Waals surface area contributed by atoms with Gasteiger partial charge >= 0.3 is 0 Å². The van der Waals surface area contributed by atoms with Gasteiger partial charge in [-0.3, -0.25) is 0 Å². The van der Waals surface area contributed by atoms with E-state index in [1.807, 2.05) is 13.0 Å². The minimum atomic E-state index is 0.253. The molecule has 1 heterocycles. The number of thioether (sulfide) groups is 1. The van der Waals surface area contributed by atoms with Crippen molar-refractivity contribution in [3.05, 3.63) is 40.4 Å². The lowest BCUT2D eigenvalue weighted by atomic mass is 10.1. The Bertz CT molecular complexity index is 496. The molecule has 5 heteroatoms. The predicted molar refractivity (Wildman–Crippen MR) is 73.5 cm³/mol. The van der Waals surface area contributed by atoms with Crippen LogP contribution in [-0.4, -0.2) is 16.7 Å². The van der Waals surface area contributed by atoms with E-state index in [9.17, 15) is 0 Å². The third-order valence-electron chi connectivity index (χ3n) is 2.50. The van der Waals surface area contributed by atoms with E-state index >= 15 is 0 Å². The molecule has 0 amide bonds. The SMILES string of the molecule is Cc1nnc(SC(CN)c2ccccc2C)s1. The lowest BCUT2D eigenvalue weighted by Crippen LogP contribution is -2.10. The van der Waals surface area contributed by atoms with Crippen LogP contribution in [0.2, 0.25) is 0 Å². The molecule has 0 saturated carbocycles. The van der Waals surface area contributed by atoms with Crippen LogP contribution in [0, 0.1) is 13.8 Å². The van der Waals surface area contributed by atoms with Gasteiger partial charge in [0.05, 0.1) is 0 Å². The molecule has 2 aromatic rings. The van der Waals surface area contributed by atoms with Crippen molar-refractivity contribution in [2.45, 2.75) is 23.4 Å². The Balaban J connectivity index is 2.20. The van der Waals surface area contributed by atoms with Gasteiger partial charge in [-0.15, -0.1) is 10.2 Å². The van der Waals surface area contributed by atoms with Crippen molar-refractivity contribution >= 4 is 23.1 Å². The molecule has 17 heavy (non-hydrogen) atoms. The first-order chi connectivity index (χ1) is 8.20. The molecule has 0 bridgehead atoms. The van der Waals surface area contributed by atoms with Crippen molar-refractivity contribution in [1.29, 1.82) is 0 Å². The van der Waals surface area contributed by atoms with E-state index < -0.39 is 0 Å². The number of aromatic nitrogens is 2. The second-order valence-corrected chi connectivity index (χ2v) is 6.42. The van der Waals surface area contributed by atoms with Crippen LogP contribution in [0.3, 0.4) is 0 Å². The quantitative estimate of drug-likeness (QED) is 0.864. The van der Waals surface area contributed by atoms with Crippen molar-refractivity contribution in [2.24, 2.45) is 5.73 Å². The first kappa shape index (κ1) is 12.5. The molecule has 3 nitrogen and oxygen atoms in total. The molecule has 2 N–H and O–H groups in total. The predicted octanol–water partition coefficient (Wildman–Crippen LogP) is 2.95. The number of nitrogens with two attached hydrogens (primary N) is 1. The van der Waals surface area contributed by atoms with E-state index in [-0.39, 0.29) is 5.25 Å². The molecule has 1 unspecified atom stereocenters. The minimum Gasteiger partial charge on any atom is -0.329 e. The molecule has 0 spiro atoms. The second-order valence-electron chi connectivity index (χ2n) is 3.79. The van der Waals surface area contributed by atoms with Gasteiger partial charge in [-0.1, -0.05) is 47.4 Å². The van der Waals surface area contributed by atoms with Crippen LogP contribution in [-0.2, 0) is 0 Å². The molecule has 90 valence electrons. The maximum absolute atomic E-state index is 5.86. The van der Waals surface area contributed by atoms with E-state index in [1.165, 1.54) is 11.1 Å². The summed E-state index contributed by atoms with van der Waals surface area (Å²) in [5, 5.41) is 9.41. The van der Waals surface area contributed by atoms with E-state index in [1.54, 1.807) is 23.1 Å². The van der Waals surface area contributed by atoms with Crippen LogP contribution in [0.4, 0.5) is 0 Å². The third-order valence-corrected chi connectivity index (χ3v) is 4.69. The third kappa shape index (κ3) is 3.06. The Morgan fingerprint density at radius 3 is 2.65 bits per heavy atom. The summed E-state index contributed by atoms with van der Waals surface area (Å²) in [6.07, 6.45) is 0. The molecule has 0 saturated heterocycles. The van der Waals surface area contributed by atoms with Gasteiger partial charge in [0.15, 0.2) is 4.34 Å². The minimum absolute atomic E-state index is 0.253. The molecule has 1 atom stereocenters. The van der Waals surface area contributed by atoms with Gasteiger partial charge in [0.1, 0.15) is 5.01 Å². The van der Waals surface area contributed by atoms with Gasteiger partial charge in [-0.2, -0.15) is 0 Å². The summed E-state index contributed by atoms with van der Waals surface area (Å²) in [5.74, 6) is 0. The Labute approximate surface area is 109 Å². The number of nitrogens with zero attached hydrogens (tertiary/aromatic N) is 2. The van der Waals surface area contributed by atoms with Crippen molar-refractivity contribution in [2.75, 3.05) is 6.54 Å². The monoisotopic (exact) mass is 265 g/mol. The zero-order valence-corrected chi connectivity index (χ0v) is 11.5. The molecule has 0 aliphatic heterocycles. The highest BCUT2D eigenvalue weighted by Crippen LogP contribution is 2.36. The maximum Gasteiger partial charge on any atom is 0.174 e. The van der Waals surface area contributed by atoms with E-state index in [4.69, 9.17) is 5.73 Å². The molecule has 0 aliphatic rings. The van der Waals surface area contributed by atoms with E-state index in [0.29, 0.717) is 6.54 Å². The van der Waals surface area contributed by atoms with Gasteiger partial charge < -0.3 is 5.73 Å². The van der Waals surface area contributed by atoms with E-state index in [0.717, 1.165) is 9.35 Å². The number of hydrogen-bond acceptors (Lipinski definition) is 5. The molecule has 1 aromatic carbocycles. The number of rotatable bonds is 4. The molecule has 0 aliphatic carbocycles. The Kier molecular flexibility index (Phi) is 4.15. The summed E-state index contributed by atoms with van der Waals surface area (Å²) in [5.41, 5.74) is 8.42. The Morgan fingerprint density at radius 2 is 2.06 bits per heavy atom. The standard InChI is InChI=1S/C12H15N3S2/c1-8-5-3-4-6-10(8)11(7-13)17-12-15-14-9(2)16-12/h3-6,11H,7,13H2,1-2H3. The molecule has 2 rings (SSSR count). The number of benzene rings is 1. The lowest BCUT2D eigenvalue weighted by Gasteiger charge is -2.15. The first-order valence-electron chi connectivity index (χ1n) is 5.43. The summed E-state index contributed by atoms with van der Waals surface area (Å²) < 4.78 is 0.987. The van der Waals surface area contributed by atoms with Crippen molar-refractivity contribution < 1.29 is 0 Å². The van der Waals surface area contributed by atoms with Gasteiger partial charge in [0, 0.05) is 11.8 Å². The zero-order chi connectivity index (χ0) is 12.3. The smallest absolute Gasteiger partial charge is 0.174 e. The normalized spacial score (nSPS) is 12.6. The maximum atomic E-state index is 5.86. The van der Waals surface area contributed by atoms with Crippen molar-refractivity contribution in [1.82, 2.24) is 10.2 Å². The highest BCUT2D eigenvalue weighted by atomic mass is 32.2. The van der Waals surface area contributed by atoms with Gasteiger partial charge in [-0.25, -0.2) is 0 Å². The fraction of sp³-hybridized carbons (Fsp3) is 0.333.